The third kappa shape index (κ3) is 2.36. The number of hydrogen-bond donors (Lipinski definition) is 1. The molecule has 118 valence electrons. The molecule has 0 amide bonds. The van der Waals surface area contributed by atoms with Crippen LogP contribution in [0.4, 0.5) is 5.69 Å². The van der Waals surface area contributed by atoms with Gasteiger partial charge in [0.05, 0.1) is 5.69 Å². The number of anilines is 1. The van der Waals surface area contributed by atoms with Gasteiger partial charge in [-0.2, -0.15) is 0 Å². The Morgan fingerprint density at radius 1 is 0.833 bits per heavy atom. The number of Topliss-reactive ketones (excluding diaryl/α,β-unsaturated/α-hetero) is 1. The molecular weight excluding hydrogens is 362 g/mol. The van der Waals surface area contributed by atoms with Gasteiger partial charge in [0.1, 0.15) is 5.54 Å². The second-order valence-corrected chi connectivity index (χ2v) is 6.90. The lowest BCUT2D eigenvalue weighted by molar-refractivity contribution is 0.0916. The zero-order chi connectivity index (χ0) is 16.6. The van der Waals surface area contributed by atoms with Crippen LogP contribution in [0, 0.1) is 0 Å². The average Bonchev–Trinajstić information content (AvgIpc) is 2.92. The van der Waals surface area contributed by atoms with Crippen LogP contribution in [0.2, 0.25) is 0 Å². The number of hydrogen-bond acceptors (Lipinski definition) is 2. The van der Waals surface area contributed by atoms with Crippen LogP contribution in [0.3, 0.4) is 0 Å². The molecular formula is C21H16BrNO. The van der Waals surface area contributed by atoms with Gasteiger partial charge in [0.15, 0.2) is 5.78 Å². The minimum Gasteiger partial charge on any atom is -0.367 e. The van der Waals surface area contributed by atoms with Crippen LogP contribution >= 0.6 is 15.9 Å². The van der Waals surface area contributed by atoms with Crippen LogP contribution in [-0.2, 0) is 12.0 Å². The van der Waals surface area contributed by atoms with Crippen molar-refractivity contribution in [2.24, 2.45) is 0 Å². The van der Waals surface area contributed by atoms with Gasteiger partial charge in [-0.05, 0) is 39.2 Å². The van der Waals surface area contributed by atoms with E-state index in [0.29, 0.717) is 6.42 Å². The summed E-state index contributed by atoms with van der Waals surface area (Å²) < 4.78 is 0.916. The SMILES string of the molecule is O=C1c2cccc(Br)c2NC1(Cc1ccccc1)c1ccccc1. The maximum atomic E-state index is 13.4. The molecule has 3 heteroatoms. The summed E-state index contributed by atoms with van der Waals surface area (Å²) in [6.45, 7) is 0. The van der Waals surface area contributed by atoms with Crippen molar-refractivity contribution in [1.29, 1.82) is 0 Å². The molecule has 1 atom stereocenters. The average molecular weight is 378 g/mol. The zero-order valence-corrected chi connectivity index (χ0v) is 14.6. The van der Waals surface area contributed by atoms with Gasteiger partial charge >= 0.3 is 0 Å². The number of rotatable bonds is 3. The van der Waals surface area contributed by atoms with E-state index in [9.17, 15) is 4.79 Å². The Bertz CT molecular complexity index is 892. The first-order valence-corrected chi connectivity index (χ1v) is 8.71. The Hall–Kier alpha value is -2.39. The molecule has 1 N–H and O–H groups in total. The Morgan fingerprint density at radius 3 is 2.17 bits per heavy atom. The number of fused-ring (bicyclic) bond motifs is 1. The van der Waals surface area contributed by atoms with E-state index >= 15 is 0 Å². The molecule has 0 aliphatic carbocycles. The molecule has 24 heavy (non-hydrogen) atoms. The standard InChI is InChI=1S/C21H16BrNO/c22-18-13-7-12-17-19(18)23-21(20(17)24,16-10-5-2-6-11-16)14-15-8-3-1-4-9-15/h1-13,23H,14H2. The largest absolute Gasteiger partial charge is 0.367 e. The van der Waals surface area contributed by atoms with Gasteiger partial charge in [-0.3, -0.25) is 4.79 Å². The number of benzene rings is 3. The topological polar surface area (TPSA) is 29.1 Å². The summed E-state index contributed by atoms with van der Waals surface area (Å²) in [5.74, 6) is 0.119. The molecule has 0 bridgehead atoms. The summed E-state index contributed by atoms with van der Waals surface area (Å²) in [5, 5.41) is 3.53. The van der Waals surface area contributed by atoms with Crippen molar-refractivity contribution in [3.63, 3.8) is 0 Å². The normalized spacial score (nSPS) is 19.0. The fourth-order valence-corrected chi connectivity index (χ4v) is 3.86. The van der Waals surface area contributed by atoms with Crippen molar-refractivity contribution in [3.05, 3.63) is 100 Å². The molecule has 0 saturated heterocycles. The molecule has 2 nitrogen and oxygen atoms in total. The Kier molecular flexibility index (Phi) is 3.73. The van der Waals surface area contributed by atoms with E-state index in [0.717, 1.165) is 26.9 Å². The minimum absolute atomic E-state index is 0.119. The van der Waals surface area contributed by atoms with Gasteiger partial charge in [-0.25, -0.2) is 0 Å². The Balaban J connectivity index is 1.88. The molecule has 1 aliphatic rings. The van der Waals surface area contributed by atoms with Gasteiger partial charge in [-0.1, -0.05) is 66.7 Å². The number of carbonyl (C=O) groups excluding carboxylic acids is 1. The molecule has 4 rings (SSSR count). The predicted octanol–water partition coefficient (Wildman–Crippen LogP) is 5.20. The lowest BCUT2D eigenvalue weighted by atomic mass is 9.80. The van der Waals surface area contributed by atoms with E-state index in [4.69, 9.17) is 0 Å². The fourth-order valence-electron chi connectivity index (χ4n) is 3.39. The number of carbonyl (C=O) groups is 1. The van der Waals surface area contributed by atoms with Crippen LogP contribution < -0.4 is 5.32 Å². The number of halogens is 1. The third-order valence-corrected chi connectivity index (χ3v) is 5.22. The maximum absolute atomic E-state index is 13.4. The smallest absolute Gasteiger partial charge is 0.195 e. The second kappa shape index (κ2) is 5.91. The summed E-state index contributed by atoms with van der Waals surface area (Å²) in [5.41, 5.74) is 2.97. The molecule has 0 radical (unpaired) electrons. The Morgan fingerprint density at radius 2 is 1.50 bits per heavy atom. The van der Waals surface area contributed by atoms with Crippen LogP contribution in [0.25, 0.3) is 0 Å². The molecule has 1 unspecified atom stereocenters. The van der Waals surface area contributed by atoms with E-state index in [2.05, 4.69) is 33.4 Å². The minimum atomic E-state index is -0.769. The van der Waals surface area contributed by atoms with Crippen LogP contribution in [0.5, 0.6) is 0 Å². The van der Waals surface area contributed by atoms with Crippen molar-refractivity contribution in [3.8, 4) is 0 Å². The lowest BCUT2D eigenvalue weighted by Gasteiger charge is -2.29. The quantitative estimate of drug-likeness (QED) is 0.679. The first-order valence-electron chi connectivity index (χ1n) is 7.92. The monoisotopic (exact) mass is 377 g/mol. The van der Waals surface area contributed by atoms with Crippen molar-refractivity contribution < 1.29 is 4.79 Å². The highest BCUT2D eigenvalue weighted by atomic mass is 79.9. The molecule has 3 aromatic rings. The van der Waals surface area contributed by atoms with E-state index in [1.807, 2.05) is 66.7 Å². The highest BCUT2D eigenvalue weighted by molar-refractivity contribution is 9.10. The maximum Gasteiger partial charge on any atom is 0.195 e. The van der Waals surface area contributed by atoms with Crippen molar-refractivity contribution >= 4 is 27.4 Å². The van der Waals surface area contributed by atoms with Crippen molar-refractivity contribution in [2.45, 2.75) is 12.0 Å². The predicted molar refractivity (Wildman–Crippen MR) is 100 cm³/mol. The molecule has 0 saturated carbocycles. The first kappa shape index (κ1) is 15.2. The van der Waals surface area contributed by atoms with Gasteiger partial charge < -0.3 is 5.32 Å². The third-order valence-electron chi connectivity index (χ3n) is 4.56. The lowest BCUT2D eigenvalue weighted by Crippen LogP contribution is -2.40. The molecule has 0 spiro atoms. The van der Waals surface area contributed by atoms with E-state index in [-0.39, 0.29) is 5.78 Å². The summed E-state index contributed by atoms with van der Waals surface area (Å²) in [6.07, 6.45) is 0.609. The van der Waals surface area contributed by atoms with Crippen molar-refractivity contribution in [2.75, 3.05) is 5.32 Å². The fraction of sp³-hybridized carbons (Fsp3) is 0.0952. The van der Waals surface area contributed by atoms with Gasteiger partial charge in [0.2, 0.25) is 0 Å². The zero-order valence-electron chi connectivity index (χ0n) is 13.0. The van der Waals surface area contributed by atoms with E-state index in [1.165, 1.54) is 0 Å². The van der Waals surface area contributed by atoms with Crippen LogP contribution in [0.15, 0.2) is 83.3 Å². The molecule has 1 aliphatic heterocycles. The highest BCUT2D eigenvalue weighted by Gasteiger charge is 2.47. The van der Waals surface area contributed by atoms with E-state index < -0.39 is 5.54 Å². The van der Waals surface area contributed by atoms with Gasteiger partial charge in [-0.15, -0.1) is 0 Å². The molecule has 3 aromatic carbocycles. The van der Waals surface area contributed by atoms with Crippen LogP contribution in [-0.4, -0.2) is 5.78 Å². The number of para-hydroxylation sites is 1. The summed E-state index contributed by atoms with van der Waals surface area (Å²) in [6, 6.07) is 25.9. The number of nitrogens with one attached hydrogen (secondary N) is 1. The summed E-state index contributed by atoms with van der Waals surface area (Å²) in [7, 11) is 0. The molecule has 0 fully saturated rings. The molecule has 1 heterocycles. The summed E-state index contributed by atoms with van der Waals surface area (Å²) >= 11 is 3.57. The van der Waals surface area contributed by atoms with Gasteiger partial charge in [0.25, 0.3) is 0 Å². The summed E-state index contributed by atoms with van der Waals surface area (Å²) in [4.78, 5) is 13.4. The second-order valence-electron chi connectivity index (χ2n) is 6.05. The Labute approximate surface area is 149 Å². The van der Waals surface area contributed by atoms with E-state index in [1.54, 1.807) is 0 Å². The number of ketones is 1. The first-order chi connectivity index (χ1) is 11.7. The highest BCUT2D eigenvalue weighted by Crippen LogP contribution is 2.44. The van der Waals surface area contributed by atoms with Gasteiger partial charge in [0, 0.05) is 16.5 Å². The van der Waals surface area contributed by atoms with Crippen molar-refractivity contribution in [1.82, 2.24) is 0 Å². The van der Waals surface area contributed by atoms with Crippen LogP contribution in [0.1, 0.15) is 21.5 Å². The molecule has 0 aromatic heterocycles.